The van der Waals surface area contributed by atoms with Gasteiger partial charge in [-0.1, -0.05) is 38.1 Å². The monoisotopic (exact) mass is 745 g/mol. The summed E-state index contributed by atoms with van der Waals surface area (Å²) in [7, 11) is 2.14. The van der Waals surface area contributed by atoms with Crippen LogP contribution in [0, 0.1) is 13.8 Å². The summed E-state index contributed by atoms with van der Waals surface area (Å²) in [5.41, 5.74) is 7.66. The number of carbonyl (C=O) groups is 4. The molecule has 2 aliphatic heterocycles. The zero-order chi connectivity index (χ0) is 39.1. The Hall–Kier alpha value is -5.76. The highest BCUT2D eigenvalue weighted by Gasteiger charge is 2.26. The number of aromatic amines is 1. The van der Waals surface area contributed by atoms with E-state index in [1.807, 2.05) is 38.1 Å². The third-order valence-corrected chi connectivity index (χ3v) is 10.3. The van der Waals surface area contributed by atoms with Gasteiger partial charge in [0.05, 0.1) is 16.8 Å². The molecule has 2 aliphatic rings. The molecule has 1 saturated heterocycles. The number of hydrogen-bond acceptors (Lipinski definition) is 7. The quantitative estimate of drug-likeness (QED) is 0.0941. The molecule has 0 bridgehead atoms. The summed E-state index contributed by atoms with van der Waals surface area (Å²) in [6.07, 6.45) is 1.76. The van der Waals surface area contributed by atoms with Crippen LogP contribution in [0.2, 0.25) is 0 Å². The van der Waals surface area contributed by atoms with E-state index >= 15 is 0 Å². The number of rotatable bonds is 13. The van der Waals surface area contributed by atoms with Crippen LogP contribution in [0.25, 0.3) is 11.6 Å². The molecule has 0 aliphatic carbocycles. The average Bonchev–Trinajstić information content (AvgIpc) is 3.63. The second kappa shape index (κ2) is 17.6. The minimum absolute atomic E-state index is 0.150. The summed E-state index contributed by atoms with van der Waals surface area (Å²) < 4.78 is 0. The van der Waals surface area contributed by atoms with Gasteiger partial charge in [0.25, 0.3) is 17.7 Å². The Labute approximate surface area is 322 Å². The molecule has 6 rings (SSSR count). The number of urea groups is 1. The van der Waals surface area contributed by atoms with E-state index in [2.05, 4.69) is 67.2 Å². The number of hydrogen-bond donors (Lipinski definition) is 6. The maximum absolute atomic E-state index is 13.1. The van der Waals surface area contributed by atoms with Gasteiger partial charge in [0, 0.05) is 85.4 Å². The van der Waals surface area contributed by atoms with Crippen molar-refractivity contribution in [2.75, 3.05) is 80.7 Å². The summed E-state index contributed by atoms with van der Waals surface area (Å²) in [5, 5.41) is 14.4. The van der Waals surface area contributed by atoms with Crippen LogP contribution >= 0.6 is 0 Å². The van der Waals surface area contributed by atoms with Crippen molar-refractivity contribution < 1.29 is 19.2 Å². The molecule has 13 nitrogen and oxygen atoms in total. The molecule has 288 valence electrons. The van der Waals surface area contributed by atoms with Crippen LogP contribution in [0.4, 0.5) is 27.5 Å². The van der Waals surface area contributed by atoms with Crippen molar-refractivity contribution in [1.29, 1.82) is 0 Å². The fraction of sp³-hybridized carbons (Fsp3) is 0.333. The van der Waals surface area contributed by atoms with Gasteiger partial charge in [0.2, 0.25) is 0 Å². The van der Waals surface area contributed by atoms with Gasteiger partial charge >= 0.3 is 6.03 Å². The maximum atomic E-state index is 13.1. The molecule has 0 unspecified atom stereocenters. The highest BCUT2D eigenvalue weighted by Crippen LogP contribution is 2.36. The number of anilines is 4. The molecule has 0 saturated carbocycles. The Morgan fingerprint density at radius 3 is 2.20 bits per heavy atom. The maximum Gasteiger partial charge on any atom is 0.323 e. The van der Waals surface area contributed by atoms with Gasteiger partial charge < -0.3 is 41.4 Å². The normalized spacial score (nSPS) is 15.2. The van der Waals surface area contributed by atoms with Crippen LogP contribution in [0.5, 0.6) is 0 Å². The first-order chi connectivity index (χ1) is 26.5. The van der Waals surface area contributed by atoms with E-state index in [1.54, 1.807) is 48.5 Å². The summed E-state index contributed by atoms with van der Waals surface area (Å²) in [6.45, 7) is 16.1. The second-order valence-electron chi connectivity index (χ2n) is 14.1. The van der Waals surface area contributed by atoms with Crippen LogP contribution in [-0.4, -0.2) is 103 Å². The third-order valence-electron chi connectivity index (χ3n) is 10.3. The van der Waals surface area contributed by atoms with E-state index in [9.17, 15) is 19.2 Å². The summed E-state index contributed by atoms with van der Waals surface area (Å²) in [4.78, 5) is 62.4. The van der Waals surface area contributed by atoms with E-state index in [1.165, 1.54) is 5.56 Å². The number of fused-ring (bicyclic) bond motifs is 1. The molecular weight excluding hydrogens is 695 g/mol. The van der Waals surface area contributed by atoms with E-state index in [0.717, 1.165) is 63.6 Å². The number of aryl methyl sites for hydroxylation is 1. The van der Waals surface area contributed by atoms with Crippen molar-refractivity contribution in [2.24, 2.45) is 0 Å². The minimum Gasteiger partial charge on any atom is -0.358 e. The third kappa shape index (κ3) is 9.68. The van der Waals surface area contributed by atoms with Crippen LogP contribution in [0.3, 0.4) is 0 Å². The molecule has 13 heteroatoms. The van der Waals surface area contributed by atoms with Crippen molar-refractivity contribution in [1.82, 2.24) is 25.0 Å². The summed E-state index contributed by atoms with van der Waals surface area (Å²) >= 11 is 0. The average molecular weight is 746 g/mol. The second-order valence-corrected chi connectivity index (χ2v) is 14.1. The van der Waals surface area contributed by atoms with Gasteiger partial charge in [-0.15, -0.1) is 0 Å². The lowest BCUT2D eigenvalue weighted by molar-refractivity contribution is -0.110. The lowest BCUT2D eigenvalue weighted by Gasteiger charge is -2.32. The number of benzene rings is 3. The number of nitrogens with zero attached hydrogens (tertiary/aromatic N) is 3. The lowest BCUT2D eigenvalue weighted by Crippen LogP contribution is -2.43. The van der Waals surface area contributed by atoms with Crippen molar-refractivity contribution in [3.8, 4) is 0 Å². The SMILES string of the molecule is CCN(CC)CCNC(=O)c1c(C)[nH]c(/C=C2\C(=O)Nc3cc(NC(=O)Nc4cccc(NC(=O)c5ccc(CN6CCN(C)CC6)cc5)c4)ccc32)c1C. The predicted octanol–water partition coefficient (Wildman–Crippen LogP) is 5.84. The number of nitrogens with one attached hydrogen (secondary N) is 6. The zero-order valence-electron chi connectivity index (χ0n) is 32.3. The molecule has 3 aromatic carbocycles. The largest absolute Gasteiger partial charge is 0.358 e. The molecule has 1 fully saturated rings. The summed E-state index contributed by atoms with van der Waals surface area (Å²) in [6, 6.07) is 19.3. The number of H-pyrrole nitrogens is 1. The Bertz CT molecular complexity index is 2080. The number of piperazine rings is 1. The smallest absolute Gasteiger partial charge is 0.323 e. The molecule has 1 aromatic heterocycles. The molecule has 4 aromatic rings. The fourth-order valence-corrected chi connectivity index (χ4v) is 6.97. The van der Waals surface area contributed by atoms with Crippen molar-refractivity contribution in [3.05, 3.63) is 106 Å². The van der Waals surface area contributed by atoms with E-state index < -0.39 is 6.03 Å². The highest BCUT2D eigenvalue weighted by atomic mass is 16.2. The Kier molecular flexibility index (Phi) is 12.5. The highest BCUT2D eigenvalue weighted by molar-refractivity contribution is 6.35. The van der Waals surface area contributed by atoms with Gasteiger partial charge in [-0.2, -0.15) is 0 Å². The first-order valence-electron chi connectivity index (χ1n) is 18.9. The molecule has 0 atom stereocenters. The van der Waals surface area contributed by atoms with Crippen LogP contribution < -0.4 is 26.6 Å². The molecule has 5 amide bonds. The first-order valence-corrected chi connectivity index (χ1v) is 18.9. The lowest BCUT2D eigenvalue weighted by atomic mass is 10.0. The van der Waals surface area contributed by atoms with Crippen molar-refractivity contribution in [3.63, 3.8) is 0 Å². The van der Waals surface area contributed by atoms with Crippen LogP contribution in [0.15, 0.2) is 66.7 Å². The molecule has 3 heterocycles. The summed E-state index contributed by atoms with van der Waals surface area (Å²) in [5.74, 6) is -0.674. The van der Waals surface area contributed by atoms with Gasteiger partial charge in [0.15, 0.2) is 0 Å². The molecular formula is C42H51N9O4. The van der Waals surface area contributed by atoms with Gasteiger partial charge in [-0.25, -0.2) is 4.79 Å². The van der Waals surface area contributed by atoms with Crippen molar-refractivity contribution in [2.45, 2.75) is 34.2 Å². The number of likely N-dealkylation sites (N-methyl/N-ethyl adjacent to an activating group) is 2. The Balaban J connectivity index is 1.04. The number of amides is 5. The van der Waals surface area contributed by atoms with Gasteiger partial charge in [-0.3, -0.25) is 19.3 Å². The van der Waals surface area contributed by atoms with Crippen molar-refractivity contribution >= 4 is 58.2 Å². The molecule has 6 N–H and O–H groups in total. The van der Waals surface area contributed by atoms with E-state index in [-0.39, 0.29) is 17.7 Å². The van der Waals surface area contributed by atoms with Crippen LogP contribution in [-0.2, 0) is 11.3 Å². The van der Waals surface area contributed by atoms with E-state index in [4.69, 9.17) is 0 Å². The fourth-order valence-electron chi connectivity index (χ4n) is 6.97. The molecule has 0 radical (unpaired) electrons. The predicted molar refractivity (Wildman–Crippen MR) is 220 cm³/mol. The van der Waals surface area contributed by atoms with Gasteiger partial charge in [-0.05, 0) is 93.7 Å². The molecule has 0 spiro atoms. The number of aromatic nitrogens is 1. The standard InChI is InChI=1S/C42H51N9O4/c1-6-50(7-2)18-17-43-41(54)38-27(3)36(44-28(38)4)25-35-34-16-15-33(24-37(34)48-40(35)53)47-42(55)46-32-10-8-9-31(23-32)45-39(52)30-13-11-29(12-14-30)26-51-21-19-49(5)20-22-51/h8-16,23-25,44H,6-7,17-22,26H2,1-5H3,(H,43,54)(H,45,52)(H,48,53)(H2,46,47,55)/b35-25-. The molecule has 55 heavy (non-hydrogen) atoms. The van der Waals surface area contributed by atoms with Gasteiger partial charge in [0.1, 0.15) is 0 Å². The van der Waals surface area contributed by atoms with E-state index in [0.29, 0.717) is 57.3 Å². The Morgan fingerprint density at radius 1 is 0.836 bits per heavy atom. The Morgan fingerprint density at radius 2 is 1.51 bits per heavy atom. The minimum atomic E-state index is -0.486. The number of carbonyl (C=O) groups excluding carboxylic acids is 4. The zero-order valence-corrected chi connectivity index (χ0v) is 32.3. The topological polar surface area (TPSA) is 154 Å². The van der Waals surface area contributed by atoms with Crippen LogP contribution in [0.1, 0.15) is 62.6 Å². The first kappa shape index (κ1) is 38.9.